The Morgan fingerprint density at radius 1 is 1.14 bits per heavy atom. The Labute approximate surface area is 122 Å². The molecule has 114 valence electrons. The van der Waals surface area contributed by atoms with E-state index in [2.05, 4.69) is 9.97 Å². The minimum Gasteiger partial charge on any atom is -0.337 e. The molecule has 1 amide bonds. The second kappa shape index (κ2) is 4.75. The van der Waals surface area contributed by atoms with E-state index in [1.54, 1.807) is 7.05 Å². The number of nitrogens with zero attached hydrogens (tertiary/aromatic N) is 3. The summed E-state index contributed by atoms with van der Waals surface area (Å²) in [5.74, 6) is -1.20. The number of aromatic nitrogens is 2. The third kappa shape index (κ3) is 2.30. The monoisotopic (exact) mass is 311 g/mol. The van der Waals surface area contributed by atoms with Crippen LogP contribution in [0.3, 0.4) is 0 Å². The van der Waals surface area contributed by atoms with Crippen molar-refractivity contribution in [3.8, 4) is 11.4 Å². The molecule has 22 heavy (non-hydrogen) atoms. The fourth-order valence-corrected chi connectivity index (χ4v) is 2.27. The van der Waals surface area contributed by atoms with E-state index in [1.165, 1.54) is 11.0 Å². The van der Waals surface area contributed by atoms with Crippen LogP contribution in [0.25, 0.3) is 11.4 Å². The SMILES string of the molecule is CN1Cc2cc(-c3ncc(C(F)(F)F)cn3)c(F)cc2C1=O. The Morgan fingerprint density at radius 2 is 1.77 bits per heavy atom. The molecule has 0 bridgehead atoms. The summed E-state index contributed by atoms with van der Waals surface area (Å²) in [7, 11) is 1.58. The number of fused-ring (bicyclic) bond motifs is 1. The smallest absolute Gasteiger partial charge is 0.337 e. The second-order valence-electron chi connectivity index (χ2n) is 4.94. The summed E-state index contributed by atoms with van der Waals surface area (Å²) in [6.45, 7) is 0.308. The lowest BCUT2D eigenvalue weighted by molar-refractivity contribution is -0.138. The number of carbonyl (C=O) groups is 1. The molecule has 0 N–H and O–H groups in total. The lowest BCUT2D eigenvalue weighted by Crippen LogP contribution is -2.17. The van der Waals surface area contributed by atoms with Crippen molar-refractivity contribution in [3.63, 3.8) is 0 Å². The van der Waals surface area contributed by atoms with Gasteiger partial charge in [0, 0.05) is 31.5 Å². The maximum atomic E-state index is 14.1. The quantitative estimate of drug-likeness (QED) is 0.761. The van der Waals surface area contributed by atoms with Crippen LogP contribution in [0.15, 0.2) is 24.5 Å². The zero-order valence-electron chi connectivity index (χ0n) is 11.3. The first-order valence-corrected chi connectivity index (χ1v) is 6.25. The third-order valence-corrected chi connectivity index (χ3v) is 3.40. The molecule has 3 rings (SSSR count). The number of carbonyl (C=O) groups excluding carboxylic acids is 1. The van der Waals surface area contributed by atoms with Crippen LogP contribution in [0.4, 0.5) is 17.6 Å². The summed E-state index contributed by atoms with van der Waals surface area (Å²) in [6.07, 6.45) is -3.34. The normalized spacial score (nSPS) is 14.4. The molecule has 0 saturated carbocycles. The van der Waals surface area contributed by atoms with Crippen molar-refractivity contribution < 1.29 is 22.4 Å². The lowest BCUT2D eigenvalue weighted by Gasteiger charge is -2.07. The highest BCUT2D eigenvalue weighted by molar-refractivity contribution is 5.98. The van der Waals surface area contributed by atoms with Gasteiger partial charge in [0.2, 0.25) is 0 Å². The number of alkyl halides is 3. The van der Waals surface area contributed by atoms with E-state index in [-0.39, 0.29) is 22.9 Å². The third-order valence-electron chi connectivity index (χ3n) is 3.40. The van der Waals surface area contributed by atoms with Gasteiger partial charge in [0.15, 0.2) is 5.82 Å². The van der Waals surface area contributed by atoms with Gasteiger partial charge in [-0.05, 0) is 17.7 Å². The Kier molecular flexibility index (Phi) is 3.12. The molecule has 0 radical (unpaired) electrons. The van der Waals surface area contributed by atoms with Crippen LogP contribution < -0.4 is 0 Å². The molecule has 1 aliphatic heterocycles. The predicted molar refractivity (Wildman–Crippen MR) is 68.2 cm³/mol. The molecule has 0 saturated heterocycles. The Bertz CT molecular complexity index is 756. The largest absolute Gasteiger partial charge is 0.419 e. The summed E-state index contributed by atoms with van der Waals surface area (Å²) < 4.78 is 51.5. The molecule has 8 heteroatoms. The van der Waals surface area contributed by atoms with Gasteiger partial charge in [-0.15, -0.1) is 0 Å². The van der Waals surface area contributed by atoms with Crippen LogP contribution in [0.1, 0.15) is 21.5 Å². The maximum absolute atomic E-state index is 14.1. The van der Waals surface area contributed by atoms with Crippen molar-refractivity contribution in [3.05, 3.63) is 47.0 Å². The van der Waals surface area contributed by atoms with Gasteiger partial charge in [0.05, 0.1) is 11.1 Å². The van der Waals surface area contributed by atoms with Gasteiger partial charge in [-0.1, -0.05) is 0 Å². The lowest BCUT2D eigenvalue weighted by atomic mass is 10.0. The molecule has 0 unspecified atom stereocenters. The highest BCUT2D eigenvalue weighted by atomic mass is 19.4. The van der Waals surface area contributed by atoms with Gasteiger partial charge in [-0.2, -0.15) is 13.2 Å². The molecule has 4 nitrogen and oxygen atoms in total. The van der Waals surface area contributed by atoms with Gasteiger partial charge in [0.1, 0.15) is 5.82 Å². The molecule has 0 aliphatic carbocycles. The van der Waals surface area contributed by atoms with Gasteiger partial charge in [0.25, 0.3) is 5.91 Å². The van der Waals surface area contributed by atoms with Crippen molar-refractivity contribution in [2.24, 2.45) is 0 Å². The van der Waals surface area contributed by atoms with Crippen LogP contribution in [0.2, 0.25) is 0 Å². The van der Waals surface area contributed by atoms with E-state index in [4.69, 9.17) is 0 Å². The van der Waals surface area contributed by atoms with E-state index in [0.29, 0.717) is 24.5 Å². The fraction of sp³-hybridized carbons (Fsp3) is 0.214. The van der Waals surface area contributed by atoms with E-state index in [0.717, 1.165) is 6.07 Å². The van der Waals surface area contributed by atoms with Crippen molar-refractivity contribution in [1.82, 2.24) is 14.9 Å². The molecule has 0 atom stereocenters. The zero-order valence-corrected chi connectivity index (χ0v) is 11.3. The number of benzene rings is 1. The standard InChI is InChI=1S/C14H9F4N3O/c1-21-6-7-2-10(11(15)3-9(7)13(21)22)12-19-4-8(5-20-12)14(16,17)18/h2-5H,6H2,1H3. The molecular weight excluding hydrogens is 302 g/mol. The number of hydrogen-bond donors (Lipinski definition) is 0. The number of hydrogen-bond acceptors (Lipinski definition) is 3. The van der Waals surface area contributed by atoms with E-state index >= 15 is 0 Å². The number of halogens is 4. The van der Waals surface area contributed by atoms with Crippen LogP contribution in [0, 0.1) is 5.82 Å². The minimum absolute atomic E-state index is 0.0319. The first kappa shape index (κ1) is 14.4. The fourth-order valence-electron chi connectivity index (χ4n) is 2.27. The molecule has 0 fully saturated rings. The van der Waals surface area contributed by atoms with Crippen LogP contribution >= 0.6 is 0 Å². The van der Waals surface area contributed by atoms with Crippen LogP contribution in [-0.2, 0) is 12.7 Å². The number of amides is 1. The van der Waals surface area contributed by atoms with Crippen LogP contribution in [0.5, 0.6) is 0 Å². The van der Waals surface area contributed by atoms with Gasteiger partial charge in [-0.3, -0.25) is 4.79 Å². The summed E-state index contributed by atoms with van der Waals surface area (Å²) in [4.78, 5) is 20.3. The van der Waals surface area contributed by atoms with Crippen molar-refractivity contribution >= 4 is 5.91 Å². The van der Waals surface area contributed by atoms with Crippen molar-refractivity contribution in [1.29, 1.82) is 0 Å². The van der Waals surface area contributed by atoms with Crippen molar-refractivity contribution in [2.45, 2.75) is 12.7 Å². The Hall–Kier alpha value is -2.51. The van der Waals surface area contributed by atoms with Gasteiger partial charge >= 0.3 is 6.18 Å². The summed E-state index contributed by atoms with van der Waals surface area (Å²) in [5, 5.41) is 0. The second-order valence-corrected chi connectivity index (χ2v) is 4.94. The first-order chi connectivity index (χ1) is 10.3. The van der Waals surface area contributed by atoms with E-state index < -0.39 is 17.6 Å². The van der Waals surface area contributed by atoms with Gasteiger partial charge < -0.3 is 4.90 Å². The molecular formula is C14H9F4N3O. The predicted octanol–water partition coefficient (Wildman–Crippen LogP) is 2.89. The highest BCUT2D eigenvalue weighted by Gasteiger charge is 2.32. The van der Waals surface area contributed by atoms with Crippen molar-refractivity contribution in [2.75, 3.05) is 7.05 Å². The first-order valence-electron chi connectivity index (χ1n) is 6.25. The Balaban J connectivity index is 2.03. The maximum Gasteiger partial charge on any atom is 0.419 e. The van der Waals surface area contributed by atoms with E-state index in [1.807, 2.05) is 0 Å². The minimum atomic E-state index is -4.55. The number of rotatable bonds is 1. The average Bonchev–Trinajstić information content (AvgIpc) is 2.73. The van der Waals surface area contributed by atoms with E-state index in [9.17, 15) is 22.4 Å². The molecule has 1 aromatic carbocycles. The molecule has 2 heterocycles. The van der Waals surface area contributed by atoms with Crippen LogP contribution in [-0.4, -0.2) is 27.8 Å². The molecule has 0 spiro atoms. The molecule has 2 aromatic rings. The molecule has 1 aromatic heterocycles. The summed E-state index contributed by atoms with van der Waals surface area (Å²) >= 11 is 0. The summed E-state index contributed by atoms with van der Waals surface area (Å²) in [5.41, 5.74) is -0.202. The average molecular weight is 311 g/mol. The molecule has 1 aliphatic rings. The summed E-state index contributed by atoms with van der Waals surface area (Å²) in [6, 6.07) is 2.46. The zero-order chi connectivity index (χ0) is 16.1. The Morgan fingerprint density at radius 3 is 2.36 bits per heavy atom. The van der Waals surface area contributed by atoms with Gasteiger partial charge in [-0.25, -0.2) is 14.4 Å². The highest BCUT2D eigenvalue weighted by Crippen LogP contribution is 2.31. The topological polar surface area (TPSA) is 46.1 Å².